The molecule has 1 aromatic rings. The number of methoxy groups -OCH3 is 1. The molecule has 0 aromatic heterocycles. The molecule has 1 aliphatic heterocycles. The van der Waals surface area contributed by atoms with E-state index < -0.39 is 0 Å². The summed E-state index contributed by atoms with van der Waals surface area (Å²) in [6.07, 6.45) is 2.57. The average Bonchev–Trinajstić information content (AvgIpc) is 2.39. The first kappa shape index (κ1) is 11.9. The van der Waals surface area contributed by atoms with Crippen molar-refractivity contribution >= 4 is 5.69 Å². The Labute approximate surface area is 103 Å². The lowest BCUT2D eigenvalue weighted by Gasteiger charge is -2.33. The molecule has 1 aromatic carbocycles. The molecule has 0 unspecified atom stereocenters. The minimum Gasteiger partial charge on any atom is -0.381 e. The van der Waals surface area contributed by atoms with Crippen LogP contribution in [0.25, 0.3) is 0 Å². The number of hydrogen-bond donors (Lipinski definition) is 0. The fourth-order valence-electron chi connectivity index (χ4n) is 2.32. The number of anilines is 1. The first-order valence-electron chi connectivity index (χ1n) is 6.03. The summed E-state index contributed by atoms with van der Waals surface area (Å²) in [5.41, 5.74) is 3.04. The number of benzene rings is 1. The van der Waals surface area contributed by atoms with Gasteiger partial charge in [-0.1, -0.05) is 0 Å². The predicted octanol–water partition coefficient (Wildman–Crippen LogP) is 2.48. The van der Waals surface area contributed by atoms with Gasteiger partial charge in [0.15, 0.2) is 0 Å². The van der Waals surface area contributed by atoms with Crippen molar-refractivity contribution in [1.29, 1.82) is 5.26 Å². The number of ether oxygens (including phenoxy) is 1. The summed E-state index contributed by atoms with van der Waals surface area (Å²) >= 11 is 0. The molecule has 1 aliphatic rings. The number of aryl methyl sites for hydroxylation is 1. The van der Waals surface area contributed by atoms with Gasteiger partial charge in [0.05, 0.1) is 17.7 Å². The first-order valence-corrected chi connectivity index (χ1v) is 6.03. The van der Waals surface area contributed by atoms with E-state index >= 15 is 0 Å². The molecule has 0 aliphatic carbocycles. The van der Waals surface area contributed by atoms with Crippen molar-refractivity contribution in [2.75, 3.05) is 25.1 Å². The summed E-state index contributed by atoms with van der Waals surface area (Å²) in [5, 5.41) is 8.91. The van der Waals surface area contributed by atoms with Crippen LogP contribution in [0.3, 0.4) is 0 Å². The molecule has 17 heavy (non-hydrogen) atoms. The molecule has 1 heterocycles. The Morgan fingerprint density at radius 3 is 2.59 bits per heavy atom. The van der Waals surface area contributed by atoms with Crippen molar-refractivity contribution < 1.29 is 4.74 Å². The van der Waals surface area contributed by atoms with Gasteiger partial charge >= 0.3 is 0 Å². The maximum atomic E-state index is 8.91. The van der Waals surface area contributed by atoms with Crippen LogP contribution in [0.1, 0.15) is 24.0 Å². The minimum atomic E-state index is 0.408. The number of rotatable bonds is 2. The van der Waals surface area contributed by atoms with E-state index in [0.29, 0.717) is 6.10 Å². The van der Waals surface area contributed by atoms with Crippen LogP contribution in [0.4, 0.5) is 5.69 Å². The van der Waals surface area contributed by atoms with E-state index in [1.807, 2.05) is 19.1 Å². The molecule has 0 saturated carbocycles. The zero-order valence-electron chi connectivity index (χ0n) is 10.4. The molecule has 0 radical (unpaired) electrons. The molecule has 1 saturated heterocycles. The Hall–Kier alpha value is -1.53. The maximum Gasteiger partial charge on any atom is 0.0994 e. The summed E-state index contributed by atoms with van der Waals surface area (Å²) in [4.78, 5) is 2.36. The second-order valence-corrected chi connectivity index (χ2v) is 4.53. The van der Waals surface area contributed by atoms with Gasteiger partial charge in [-0.3, -0.25) is 0 Å². The van der Waals surface area contributed by atoms with Crippen LogP contribution in [0.2, 0.25) is 0 Å². The first-order chi connectivity index (χ1) is 8.24. The van der Waals surface area contributed by atoms with Gasteiger partial charge in [0, 0.05) is 25.9 Å². The van der Waals surface area contributed by atoms with Gasteiger partial charge in [0.1, 0.15) is 0 Å². The lowest BCUT2D eigenvalue weighted by atomic mass is 10.0. The van der Waals surface area contributed by atoms with Crippen LogP contribution in [0, 0.1) is 18.3 Å². The highest BCUT2D eigenvalue weighted by Crippen LogP contribution is 2.23. The molecule has 0 N–H and O–H groups in total. The van der Waals surface area contributed by atoms with E-state index in [1.165, 1.54) is 5.69 Å². The summed E-state index contributed by atoms with van der Waals surface area (Å²) in [6.45, 7) is 4.05. The molecule has 90 valence electrons. The molecule has 0 amide bonds. The Bertz CT molecular complexity index is 428. The Morgan fingerprint density at radius 1 is 1.35 bits per heavy atom. The van der Waals surface area contributed by atoms with Gasteiger partial charge in [-0.25, -0.2) is 0 Å². The largest absolute Gasteiger partial charge is 0.381 e. The van der Waals surface area contributed by atoms with Crippen LogP contribution < -0.4 is 4.90 Å². The molecule has 3 nitrogen and oxygen atoms in total. The second kappa shape index (κ2) is 5.20. The Balaban J connectivity index is 2.09. The third-order valence-corrected chi connectivity index (χ3v) is 3.47. The quantitative estimate of drug-likeness (QED) is 0.783. The smallest absolute Gasteiger partial charge is 0.0994 e. The van der Waals surface area contributed by atoms with Gasteiger partial charge in [0.2, 0.25) is 0 Å². The number of nitrogens with zero attached hydrogens (tertiary/aromatic N) is 2. The summed E-state index contributed by atoms with van der Waals surface area (Å²) < 4.78 is 5.37. The molecule has 1 fully saturated rings. The van der Waals surface area contributed by atoms with Crippen molar-refractivity contribution in [3.05, 3.63) is 29.3 Å². The van der Waals surface area contributed by atoms with Crippen LogP contribution in [-0.4, -0.2) is 26.3 Å². The number of hydrogen-bond acceptors (Lipinski definition) is 3. The highest BCUT2D eigenvalue weighted by molar-refractivity contribution is 5.53. The summed E-state index contributed by atoms with van der Waals surface area (Å²) in [7, 11) is 1.78. The van der Waals surface area contributed by atoms with Gasteiger partial charge in [0.25, 0.3) is 0 Å². The lowest BCUT2D eigenvalue weighted by molar-refractivity contribution is 0.0819. The molecular weight excluding hydrogens is 212 g/mol. The Morgan fingerprint density at radius 2 is 2.06 bits per heavy atom. The van der Waals surface area contributed by atoms with E-state index in [-0.39, 0.29) is 0 Å². The average molecular weight is 230 g/mol. The Kier molecular flexibility index (Phi) is 3.65. The van der Waals surface area contributed by atoms with Gasteiger partial charge in [-0.2, -0.15) is 5.26 Å². The van der Waals surface area contributed by atoms with Crippen LogP contribution in [0.5, 0.6) is 0 Å². The summed E-state index contributed by atoms with van der Waals surface area (Å²) in [6, 6.07) is 8.26. The van der Waals surface area contributed by atoms with Gasteiger partial charge < -0.3 is 9.64 Å². The molecule has 0 spiro atoms. The summed E-state index contributed by atoms with van der Waals surface area (Å²) in [5.74, 6) is 0. The topological polar surface area (TPSA) is 36.3 Å². The predicted molar refractivity (Wildman–Crippen MR) is 68.1 cm³/mol. The molecule has 3 heteroatoms. The van der Waals surface area contributed by atoms with E-state index in [9.17, 15) is 0 Å². The van der Waals surface area contributed by atoms with Crippen molar-refractivity contribution in [1.82, 2.24) is 0 Å². The number of nitriles is 1. The van der Waals surface area contributed by atoms with E-state index in [0.717, 1.165) is 37.1 Å². The van der Waals surface area contributed by atoms with Crippen LogP contribution in [-0.2, 0) is 4.74 Å². The van der Waals surface area contributed by atoms with Crippen LogP contribution >= 0.6 is 0 Å². The zero-order chi connectivity index (χ0) is 12.3. The maximum absolute atomic E-state index is 8.91. The van der Waals surface area contributed by atoms with Gasteiger partial charge in [-0.05, 0) is 43.5 Å². The van der Waals surface area contributed by atoms with E-state index in [2.05, 4.69) is 17.0 Å². The normalized spacial score (nSPS) is 16.9. The van der Waals surface area contributed by atoms with Gasteiger partial charge in [-0.15, -0.1) is 0 Å². The highest BCUT2D eigenvalue weighted by atomic mass is 16.5. The van der Waals surface area contributed by atoms with E-state index in [4.69, 9.17) is 10.00 Å². The van der Waals surface area contributed by atoms with Crippen molar-refractivity contribution in [2.24, 2.45) is 0 Å². The third kappa shape index (κ3) is 2.59. The zero-order valence-corrected chi connectivity index (χ0v) is 10.4. The molecule has 2 rings (SSSR count). The highest BCUT2D eigenvalue weighted by Gasteiger charge is 2.19. The molecular formula is C14H18N2O. The minimum absolute atomic E-state index is 0.408. The number of piperidine rings is 1. The third-order valence-electron chi connectivity index (χ3n) is 3.47. The second-order valence-electron chi connectivity index (χ2n) is 4.53. The molecule has 0 bridgehead atoms. The van der Waals surface area contributed by atoms with Crippen molar-refractivity contribution in [3.63, 3.8) is 0 Å². The monoisotopic (exact) mass is 230 g/mol. The fourth-order valence-corrected chi connectivity index (χ4v) is 2.32. The SMILES string of the molecule is COC1CCN(c2ccc(C#N)c(C)c2)CC1. The molecule has 0 atom stereocenters. The van der Waals surface area contributed by atoms with Crippen molar-refractivity contribution in [3.8, 4) is 6.07 Å². The standard InChI is InChI=1S/C14H18N2O/c1-11-9-13(4-3-12(11)10-15)16-7-5-14(17-2)6-8-16/h3-4,9,14H,5-8H2,1-2H3. The van der Waals surface area contributed by atoms with E-state index in [1.54, 1.807) is 7.11 Å². The van der Waals surface area contributed by atoms with Crippen LogP contribution in [0.15, 0.2) is 18.2 Å². The fraction of sp³-hybridized carbons (Fsp3) is 0.500. The van der Waals surface area contributed by atoms with Crippen molar-refractivity contribution in [2.45, 2.75) is 25.9 Å². The lowest BCUT2D eigenvalue weighted by Crippen LogP contribution is -2.36.